The van der Waals surface area contributed by atoms with Gasteiger partial charge in [-0.05, 0) is 91.8 Å². The highest BCUT2D eigenvalue weighted by Gasteiger charge is 2.22. The Labute approximate surface area is 201 Å². The Morgan fingerprint density at radius 1 is 0.909 bits per heavy atom. The molecule has 0 amide bonds. The first-order valence-electron chi connectivity index (χ1n) is 11.2. The predicted octanol–water partition coefficient (Wildman–Crippen LogP) is 7.92. The molecule has 1 atom stereocenters. The lowest BCUT2D eigenvalue weighted by atomic mass is 9.85. The van der Waals surface area contributed by atoms with Gasteiger partial charge in [-0.3, -0.25) is 0 Å². The van der Waals surface area contributed by atoms with Crippen molar-refractivity contribution in [2.45, 2.75) is 25.4 Å². The van der Waals surface area contributed by atoms with E-state index in [-0.39, 0.29) is 11.9 Å². The molecule has 0 bridgehead atoms. The maximum Gasteiger partial charge on any atom is 0.134 e. The van der Waals surface area contributed by atoms with Crippen LogP contribution in [-0.2, 0) is 17.6 Å². The fourth-order valence-corrected chi connectivity index (χ4v) is 4.98. The summed E-state index contributed by atoms with van der Waals surface area (Å²) in [6.07, 6.45) is 10.4. The van der Waals surface area contributed by atoms with Gasteiger partial charge in [0.1, 0.15) is 24.3 Å². The quantitative estimate of drug-likeness (QED) is 0.259. The molecule has 4 aromatic carbocycles. The maximum atomic E-state index is 13.3. The summed E-state index contributed by atoms with van der Waals surface area (Å²) in [7, 11) is 0. The number of halogens is 2. The largest absolute Gasteiger partial charge is 0.497 e. The van der Waals surface area contributed by atoms with E-state index < -0.39 is 0 Å². The molecular weight excluding hydrogens is 479 g/mol. The second-order valence-corrected chi connectivity index (χ2v) is 9.09. The minimum atomic E-state index is -0.262. The topological polar surface area (TPSA) is 18.5 Å². The third kappa shape index (κ3) is 4.81. The fourth-order valence-electron chi connectivity index (χ4n) is 4.53. The first-order valence-corrected chi connectivity index (χ1v) is 12.0. The Kier molecular flexibility index (Phi) is 6.45. The van der Waals surface area contributed by atoms with Crippen LogP contribution in [0.3, 0.4) is 0 Å². The minimum Gasteiger partial charge on any atom is -0.497 e. The molecule has 1 aliphatic heterocycles. The molecule has 1 aliphatic carbocycles. The lowest BCUT2D eigenvalue weighted by Gasteiger charge is -2.27. The Balaban J connectivity index is 0.000000332. The SMILES string of the molecule is C1=CCOC=C1.Fc1ccc(OC2CCc3c(ccc4c3ccc3ccccc34)C2)c(Br)c1. The van der Waals surface area contributed by atoms with Crippen LogP contribution < -0.4 is 4.74 Å². The molecule has 0 saturated heterocycles. The molecule has 33 heavy (non-hydrogen) atoms. The molecule has 0 spiro atoms. The standard InChI is InChI=1S/C24H18BrFO.C5H6O/c25-23-14-17(26)7-12-24(23)27-18-8-11-20-16(13-18)6-10-21-19-4-2-1-3-15(19)5-9-22(20)21;1-2-4-6-5-3-1/h1-7,9-10,12,14,18H,8,11,13H2;1-4H,5H2. The highest BCUT2D eigenvalue weighted by Crippen LogP contribution is 2.35. The normalized spacial score (nSPS) is 16.6. The van der Waals surface area contributed by atoms with Crippen LogP contribution in [0.4, 0.5) is 4.39 Å². The molecule has 4 heteroatoms. The van der Waals surface area contributed by atoms with E-state index in [1.165, 1.54) is 44.8 Å². The van der Waals surface area contributed by atoms with Crippen LogP contribution >= 0.6 is 15.9 Å². The monoisotopic (exact) mass is 502 g/mol. The van der Waals surface area contributed by atoms with E-state index >= 15 is 0 Å². The molecule has 2 nitrogen and oxygen atoms in total. The van der Waals surface area contributed by atoms with Gasteiger partial charge in [-0.15, -0.1) is 0 Å². The van der Waals surface area contributed by atoms with E-state index in [9.17, 15) is 4.39 Å². The van der Waals surface area contributed by atoms with Crippen molar-refractivity contribution in [1.82, 2.24) is 0 Å². The van der Waals surface area contributed by atoms with E-state index in [4.69, 9.17) is 9.47 Å². The van der Waals surface area contributed by atoms with E-state index in [2.05, 4.69) is 64.5 Å². The maximum absolute atomic E-state index is 13.3. The summed E-state index contributed by atoms with van der Waals surface area (Å²) in [5.74, 6) is 0.443. The van der Waals surface area contributed by atoms with Gasteiger partial charge in [-0.25, -0.2) is 4.39 Å². The molecular formula is C29H24BrFO2. The van der Waals surface area contributed by atoms with E-state index in [0.29, 0.717) is 10.2 Å². The van der Waals surface area contributed by atoms with Crippen molar-refractivity contribution in [1.29, 1.82) is 0 Å². The number of ether oxygens (including phenoxy) is 2. The van der Waals surface area contributed by atoms with Crippen molar-refractivity contribution in [3.63, 3.8) is 0 Å². The van der Waals surface area contributed by atoms with Gasteiger partial charge in [0.15, 0.2) is 0 Å². The zero-order valence-electron chi connectivity index (χ0n) is 18.1. The molecule has 1 heterocycles. The van der Waals surface area contributed by atoms with Crippen LogP contribution in [0.15, 0.2) is 95.7 Å². The summed E-state index contributed by atoms with van der Waals surface area (Å²) in [5.41, 5.74) is 2.79. The molecule has 0 aromatic heterocycles. The van der Waals surface area contributed by atoms with Gasteiger partial charge in [0.2, 0.25) is 0 Å². The summed E-state index contributed by atoms with van der Waals surface area (Å²) in [4.78, 5) is 0. The number of benzene rings is 4. The van der Waals surface area contributed by atoms with Crippen LogP contribution in [0, 0.1) is 5.82 Å². The highest BCUT2D eigenvalue weighted by atomic mass is 79.9. The number of hydrogen-bond donors (Lipinski definition) is 0. The Bertz CT molecular complexity index is 1350. The van der Waals surface area contributed by atoms with Crippen molar-refractivity contribution in [2.24, 2.45) is 0 Å². The fraction of sp³-hybridized carbons (Fsp3) is 0.172. The zero-order chi connectivity index (χ0) is 22.6. The van der Waals surface area contributed by atoms with Gasteiger partial charge >= 0.3 is 0 Å². The Morgan fingerprint density at radius 2 is 1.79 bits per heavy atom. The van der Waals surface area contributed by atoms with Crippen molar-refractivity contribution in [3.8, 4) is 5.75 Å². The summed E-state index contributed by atoms with van der Waals surface area (Å²) in [6.45, 7) is 0.733. The van der Waals surface area contributed by atoms with E-state index in [0.717, 1.165) is 25.9 Å². The van der Waals surface area contributed by atoms with Crippen molar-refractivity contribution in [3.05, 3.63) is 113 Å². The van der Waals surface area contributed by atoms with Crippen molar-refractivity contribution >= 4 is 37.5 Å². The molecule has 1 unspecified atom stereocenters. The number of aryl methyl sites for hydroxylation is 1. The highest BCUT2D eigenvalue weighted by molar-refractivity contribution is 9.10. The molecule has 166 valence electrons. The van der Waals surface area contributed by atoms with Gasteiger partial charge < -0.3 is 9.47 Å². The first-order chi connectivity index (χ1) is 16.2. The third-order valence-corrected chi connectivity index (χ3v) is 6.72. The average molecular weight is 503 g/mol. The van der Waals surface area contributed by atoms with Crippen LogP contribution in [0.5, 0.6) is 5.75 Å². The van der Waals surface area contributed by atoms with Gasteiger partial charge in [-0.1, -0.05) is 54.6 Å². The van der Waals surface area contributed by atoms with Crippen molar-refractivity contribution < 1.29 is 13.9 Å². The molecule has 0 saturated carbocycles. The molecule has 6 rings (SSSR count). The first kappa shape index (κ1) is 21.7. The van der Waals surface area contributed by atoms with Crippen LogP contribution in [0.1, 0.15) is 17.5 Å². The minimum absolute atomic E-state index is 0.108. The van der Waals surface area contributed by atoms with Gasteiger partial charge in [0.05, 0.1) is 10.7 Å². The molecule has 0 N–H and O–H groups in total. The Morgan fingerprint density at radius 3 is 2.55 bits per heavy atom. The average Bonchev–Trinajstić information content (AvgIpc) is 2.86. The van der Waals surface area contributed by atoms with Crippen molar-refractivity contribution in [2.75, 3.05) is 6.61 Å². The summed E-state index contributed by atoms with van der Waals surface area (Å²) in [6, 6.07) is 22.1. The third-order valence-electron chi connectivity index (χ3n) is 6.10. The van der Waals surface area contributed by atoms with Crippen LogP contribution in [-0.4, -0.2) is 12.7 Å². The van der Waals surface area contributed by atoms with Crippen LogP contribution in [0.2, 0.25) is 0 Å². The molecule has 0 radical (unpaired) electrons. The van der Waals surface area contributed by atoms with Gasteiger partial charge in [0, 0.05) is 6.42 Å². The summed E-state index contributed by atoms with van der Waals surface area (Å²) >= 11 is 3.40. The lowest BCUT2D eigenvalue weighted by molar-refractivity contribution is 0.183. The lowest BCUT2D eigenvalue weighted by Crippen LogP contribution is -2.25. The number of rotatable bonds is 2. The second-order valence-electron chi connectivity index (χ2n) is 8.23. The Hall–Kier alpha value is -3.11. The number of allylic oxidation sites excluding steroid dienone is 2. The van der Waals surface area contributed by atoms with Gasteiger partial charge in [0.25, 0.3) is 0 Å². The van der Waals surface area contributed by atoms with E-state index in [1.807, 2.05) is 18.2 Å². The summed E-state index contributed by atoms with van der Waals surface area (Å²) < 4.78 is 24.9. The summed E-state index contributed by atoms with van der Waals surface area (Å²) in [5, 5.41) is 5.27. The van der Waals surface area contributed by atoms with Crippen LogP contribution in [0.25, 0.3) is 21.5 Å². The second kappa shape index (κ2) is 9.80. The predicted molar refractivity (Wildman–Crippen MR) is 136 cm³/mol. The number of hydrogen-bond acceptors (Lipinski definition) is 2. The molecule has 4 aromatic rings. The van der Waals surface area contributed by atoms with Gasteiger partial charge in [-0.2, -0.15) is 0 Å². The smallest absolute Gasteiger partial charge is 0.134 e. The zero-order valence-corrected chi connectivity index (χ0v) is 19.7. The molecule has 0 fully saturated rings. The molecule has 2 aliphatic rings. The van der Waals surface area contributed by atoms with E-state index in [1.54, 1.807) is 12.3 Å². The number of fused-ring (bicyclic) bond motifs is 5.